The Balaban J connectivity index is 3.06. The van der Waals surface area contributed by atoms with Gasteiger partial charge in [-0.3, -0.25) is 4.90 Å². The number of urea groups is 1. The number of nitrogens with one attached hydrogen (secondary N) is 1. The van der Waals surface area contributed by atoms with Crippen LogP contribution < -0.4 is 10.2 Å². The molecule has 0 saturated carbocycles. The quantitative estimate of drug-likeness (QED) is 0.840. The Labute approximate surface area is 126 Å². The third kappa shape index (κ3) is 5.49. The molecule has 1 N–H and O–H groups in total. The van der Waals surface area contributed by atoms with Crippen molar-refractivity contribution < 1.29 is 18.0 Å². The van der Waals surface area contributed by atoms with E-state index in [1.54, 1.807) is 0 Å². The highest BCUT2D eigenvalue weighted by atomic mass is 32.2. The van der Waals surface area contributed by atoms with E-state index in [1.165, 1.54) is 35.8 Å². The first-order valence-electron chi connectivity index (χ1n) is 6.35. The number of anilines is 1. The van der Waals surface area contributed by atoms with Gasteiger partial charge in [-0.15, -0.1) is 11.8 Å². The van der Waals surface area contributed by atoms with E-state index in [0.717, 1.165) is 12.1 Å². The van der Waals surface area contributed by atoms with Crippen LogP contribution in [0.5, 0.6) is 0 Å². The first-order valence-corrected chi connectivity index (χ1v) is 7.33. The number of halogens is 3. The van der Waals surface area contributed by atoms with Gasteiger partial charge >= 0.3 is 12.2 Å². The SMILES string of the molecule is CNC(=O)N(CSC(C)(C)C)c1cccc(C(F)(F)F)c1. The summed E-state index contributed by atoms with van der Waals surface area (Å²) in [6, 6.07) is 4.33. The summed E-state index contributed by atoms with van der Waals surface area (Å²) in [5.74, 6) is 0.268. The average Bonchev–Trinajstić information content (AvgIpc) is 2.36. The minimum absolute atomic E-state index is 0.103. The Morgan fingerprint density at radius 2 is 1.90 bits per heavy atom. The third-order valence-electron chi connectivity index (χ3n) is 2.57. The topological polar surface area (TPSA) is 32.3 Å². The fraction of sp³-hybridized carbons (Fsp3) is 0.500. The van der Waals surface area contributed by atoms with Crippen molar-refractivity contribution in [3.63, 3.8) is 0 Å². The third-order valence-corrected chi connectivity index (χ3v) is 3.82. The lowest BCUT2D eigenvalue weighted by Crippen LogP contribution is -2.39. The Bertz CT molecular complexity index is 498. The predicted octanol–water partition coefficient (Wildman–Crippen LogP) is 4.34. The van der Waals surface area contributed by atoms with Crippen molar-refractivity contribution in [3.05, 3.63) is 29.8 Å². The molecule has 1 aromatic rings. The number of carbonyl (C=O) groups is 1. The molecule has 3 nitrogen and oxygen atoms in total. The van der Waals surface area contributed by atoms with E-state index in [9.17, 15) is 18.0 Å². The van der Waals surface area contributed by atoms with Crippen molar-refractivity contribution in [2.75, 3.05) is 17.8 Å². The highest BCUT2D eigenvalue weighted by Gasteiger charge is 2.31. The van der Waals surface area contributed by atoms with Crippen LogP contribution in [0.25, 0.3) is 0 Å². The molecule has 0 fully saturated rings. The highest BCUT2D eigenvalue weighted by Crippen LogP contribution is 2.33. The van der Waals surface area contributed by atoms with Crippen LogP contribution in [0.1, 0.15) is 26.3 Å². The number of hydrogen-bond acceptors (Lipinski definition) is 2. The van der Waals surface area contributed by atoms with Gasteiger partial charge in [0.1, 0.15) is 0 Å². The fourth-order valence-electron chi connectivity index (χ4n) is 1.49. The molecule has 7 heteroatoms. The molecule has 0 spiro atoms. The summed E-state index contributed by atoms with van der Waals surface area (Å²) < 4.78 is 38.2. The average molecular weight is 320 g/mol. The minimum Gasteiger partial charge on any atom is -0.341 e. The zero-order valence-corrected chi connectivity index (χ0v) is 13.2. The summed E-state index contributed by atoms with van der Waals surface area (Å²) in [5.41, 5.74) is -0.546. The second-order valence-electron chi connectivity index (χ2n) is 5.42. The van der Waals surface area contributed by atoms with Crippen LogP contribution in [0.3, 0.4) is 0 Å². The van der Waals surface area contributed by atoms with E-state index >= 15 is 0 Å². The summed E-state index contributed by atoms with van der Waals surface area (Å²) in [6.45, 7) is 5.93. The van der Waals surface area contributed by atoms with E-state index < -0.39 is 17.8 Å². The summed E-state index contributed by atoms with van der Waals surface area (Å²) in [7, 11) is 1.45. The molecule has 0 aromatic heterocycles. The molecule has 0 aliphatic carbocycles. The van der Waals surface area contributed by atoms with Gasteiger partial charge in [-0.25, -0.2) is 4.79 Å². The monoisotopic (exact) mass is 320 g/mol. The van der Waals surface area contributed by atoms with Gasteiger partial charge in [-0.05, 0) is 18.2 Å². The number of carbonyl (C=O) groups excluding carboxylic acids is 1. The summed E-state index contributed by atoms with van der Waals surface area (Å²) >= 11 is 1.48. The number of rotatable bonds is 3. The van der Waals surface area contributed by atoms with E-state index in [-0.39, 0.29) is 16.3 Å². The number of hydrogen-bond donors (Lipinski definition) is 1. The van der Waals surface area contributed by atoms with Gasteiger partial charge in [0, 0.05) is 17.5 Å². The molecular weight excluding hydrogens is 301 g/mol. The van der Waals surface area contributed by atoms with Gasteiger partial charge in [-0.2, -0.15) is 13.2 Å². The van der Waals surface area contributed by atoms with E-state index in [0.29, 0.717) is 0 Å². The van der Waals surface area contributed by atoms with Crippen LogP contribution in [-0.4, -0.2) is 23.7 Å². The van der Waals surface area contributed by atoms with Crippen LogP contribution in [0, 0.1) is 0 Å². The zero-order valence-electron chi connectivity index (χ0n) is 12.4. The summed E-state index contributed by atoms with van der Waals surface area (Å²) in [5, 5.41) is 2.45. The Morgan fingerprint density at radius 1 is 1.29 bits per heavy atom. The maximum Gasteiger partial charge on any atom is 0.416 e. The van der Waals surface area contributed by atoms with Gasteiger partial charge in [0.2, 0.25) is 0 Å². The molecule has 0 aliphatic rings. The first-order chi connectivity index (χ1) is 9.54. The molecule has 21 heavy (non-hydrogen) atoms. The predicted molar refractivity (Wildman–Crippen MR) is 80.6 cm³/mol. The molecule has 2 amide bonds. The van der Waals surface area contributed by atoms with Gasteiger partial charge < -0.3 is 5.32 Å². The maximum atomic E-state index is 12.8. The second-order valence-corrected chi connectivity index (χ2v) is 7.19. The lowest BCUT2D eigenvalue weighted by atomic mass is 10.2. The molecule has 0 atom stereocenters. The lowest BCUT2D eigenvalue weighted by molar-refractivity contribution is -0.137. The van der Waals surface area contributed by atoms with Crippen molar-refractivity contribution in [1.82, 2.24) is 5.32 Å². The molecule has 0 saturated heterocycles. The second kappa shape index (κ2) is 6.60. The van der Waals surface area contributed by atoms with Crippen LogP contribution in [0.15, 0.2) is 24.3 Å². The molecule has 118 valence electrons. The number of benzene rings is 1. The molecule has 1 rings (SSSR count). The van der Waals surface area contributed by atoms with Crippen LogP contribution in [-0.2, 0) is 6.18 Å². The Morgan fingerprint density at radius 3 is 2.38 bits per heavy atom. The van der Waals surface area contributed by atoms with Crippen molar-refractivity contribution >= 4 is 23.5 Å². The molecule has 0 unspecified atom stereocenters. The Kier molecular flexibility index (Phi) is 5.55. The zero-order chi connectivity index (χ0) is 16.3. The first kappa shape index (κ1) is 17.7. The smallest absolute Gasteiger partial charge is 0.341 e. The van der Waals surface area contributed by atoms with Crippen molar-refractivity contribution in [2.24, 2.45) is 0 Å². The number of alkyl halides is 3. The van der Waals surface area contributed by atoms with Crippen molar-refractivity contribution in [3.8, 4) is 0 Å². The fourth-order valence-corrected chi connectivity index (χ4v) is 2.28. The van der Waals surface area contributed by atoms with Crippen LogP contribution in [0.4, 0.5) is 23.7 Å². The van der Waals surface area contributed by atoms with Gasteiger partial charge in [0.05, 0.1) is 11.4 Å². The number of nitrogens with zero attached hydrogens (tertiary/aromatic N) is 1. The molecule has 0 radical (unpaired) electrons. The van der Waals surface area contributed by atoms with Crippen LogP contribution in [0.2, 0.25) is 0 Å². The number of thioether (sulfide) groups is 1. The minimum atomic E-state index is -4.43. The van der Waals surface area contributed by atoms with Crippen molar-refractivity contribution in [1.29, 1.82) is 0 Å². The largest absolute Gasteiger partial charge is 0.416 e. The molecule has 0 aliphatic heterocycles. The Hall–Kier alpha value is -1.37. The molecule has 0 bridgehead atoms. The standard InChI is InChI=1S/C14H19F3N2OS/c1-13(2,3)21-9-19(12(20)18-4)11-7-5-6-10(8-11)14(15,16)17/h5-8H,9H2,1-4H3,(H,18,20). The van der Waals surface area contributed by atoms with Crippen molar-refractivity contribution in [2.45, 2.75) is 31.7 Å². The summed E-state index contributed by atoms with van der Waals surface area (Å²) in [6.07, 6.45) is -4.43. The summed E-state index contributed by atoms with van der Waals surface area (Å²) in [4.78, 5) is 13.2. The van der Waals surface area contributed by atoms with E-state index in [1.807, 2.05) is 20.8 Å². The normalized spacial score (nSPS) is 12.1. The van der Waals surface area contributed by atoms with Gasteiger partial charge in [0.25, 0.3) is 0 Å². The van der Waals surface area contributed by atoms with E-state index in [2.05, 4.69) is 5.32 Å². The van der Waals surface area contributed by atoms with Gasteiger partial charge in [-0.1, -0.05) is 26.8 Å². The molecule has 1 aromatic carbocycles. The van der Waals surface area contributed by atoms with Gasteiger partial charge in [0.15, 0.2) is 0 Å². The molecular formula is C14H19F3N2OS. The molecule has 0 heterocycles. The van der Waals surface area contributed by atoms with E-state index in [4.69, 9.17) is 0 Å². The van der Waals surface area contributed by atoms with Crippen LogP contribution >= 0.6 is 11.8 Å². The highest BCUT2D eigenvalue weighted by molar-refractivity contribution is 8.00. The maximum absolute atomic E-state index is 12.8. The number of amides is 2. The lowest BCUT2D eigenvalue weighted by Gasteiger charge is -2.26.